The summed E-state index contributed by atoms with van der Waals surface area (Å²) in [4.78, 5) is 10.7. The number of carboxylic acids is 1. The van der Waals surface area contributed by atoms with Crippen molar-refractivity contribution in [1.29, 1.82) is 0 Å². The van der Waals surface area contributed by atoms with Gasteiger partial charge in [-0.2, -0.15) is 0 Å². The Morgan fingerprint density at radius 3 is 2.34 bits per heavy atom. The molecule has 0 amide bonds. The minimum Gasteiger partial charge on any atom is -0.481 e. The molecule has 0 aliphatic heterocycles. The Hall–Kier alpha value is -2.81. The van der Waals surface area contributed by atoms with Crippen molar-refractivity contribution in [3.63, 3.8) is 0 Å². The minimum atomic E-state index is -0.723. The Bertz CT molecular complexity index is 935. The van der Waals surface area contributed by atoms with Crippen LogP contribution in [0.3, 0.4) is 0 Å². The molecule has 1 fully saturated rings. The average molecular weight is 388 g/mol. The number of aromatic nitrogens is 1. The number of aliphatic carboxylic acids is 1. The second kappa shape index (κ2) is 9.13. The summed E-state index contributed by atoms with van der Waals surface area (Å²) in [5.74, 6) is -0.101. The van der Waals surface area contributed by atoms with Gasteiger partial charge in [0.05, 0.1) is 0 Å². The standard InChI is InChI=1S/C26H29NO2/c28-26(29)13-7-8-20-14-16-24(17-15-20)27-19-23(21-9-3-1-4-10-21)18-25(27)22-11-5-2-6-12-22/h1,3-4,9-10,14-19,22H,2,5-8,11-13H2,(H,28,29). The Balaban J connectivity index is 1.62. The lowest BCUT2D eigenvalue weighted by Gasteiger charge is -2.23. The van der Waals surface area contributed by atoms with Gasteiger partial charge in [0, 0.05) is 29.6 Å². The van der Waals surface area contributed by atoms with Gasteiger partial charge in [0.2, 0.25) is 0 Å². The average Bonchev–Trinajstić information content (AvgIpc) is 3.21. The summed E-state index contributed by atoms with van der Waals surface area (Å²) in [6.07, 6.45) is 10.5. The highest BCUT2D eigenvalue weighted by Crippen LogP contribution is 2.37. The monoisotopic (exact) mass is 387 g/mol. The van der Waals surface area contributed by atoms with Gasteiger partial charge in [-0.05, 0) is 60.9 Å². The van der Waals surface area contributed by atoms with Crippen molar-refractivity contribution in [2.24, 2.45) is 0 Å². The molecule has 0 radical (unpaired) electrons. The second-order valence-electron chi connectivity index (χ2n) is 8.14. The molecule has 3 heteroatoms. The summed E-state index contributed by atoms with van der Waals surface area (Å²) >= 11 is 0. The predicted molar refractivity (Wildman–Crippen MR) is 118 cm³/mol. The molecule has 0 atom stereocenters. The van der Waals surface area contributed by atoms with Crippen molar-refractivity contribution in [2.75, 3.05) is 0 Å². The van der Waals surface area contributed by atoms with Crippen LogP contribution >= 0.6 is 0 Å². The maximum absolute atomic E-state index is 10.7. The zero-order chi connectivity index (χ0) is 20.1. The predicted octanol–water partition coefficient (Wildman–Crippen LogP) is 6.60. The molecular weight excluding hydrogens is 358 g/mol. The molecule has 1 N–H and O–H groups in total. The molecule has 0 unspecified atom stereocenters. The Morgan fingerprint density at radius 1 is 0.931 bits per heavy atom. The van der Waals surface area contributed by atoms with Crippen LogP contribution < -0.4 is 0 Å². The third-order valence-corrected chi connectivity index (χ3v) is 6.05. The quantitative estimate of drug-likeness (QED) is 0.496. The van der Waals surface area contributed by atoms with Crippen molar-refractivity contribution in [3.05, 3.63) is 78.1 Å². The maximum Gasteiger partial charge on any atom is 0.303 e. The van der Waals surface area contributed by atoms with Crippen LogP contribution in [0.2, 0.25) is 0 Å². The van der Waals surface area contributed by atoms with Crippen LogP contribution in [0.5, 0.6) is 0 Å². The van der Waals surface area contributed by atoms with Gasteiger partial charge in [0.1, 0.15) is 0 Å². The number of hydrogen-bond donors (Lipinski definition) is 1. The van der Waals surface area contributed by atoms with Gasteiger partial charge in [-0.25, -0.2) is 0 Å². The second-order valence-corrected chi connectivity index (χ2v) is 8.14. The number of rotatable bonds is 7. The molecule has 2 aromatic carbocycles. The lowest BCUT2D eigenvalue weighted by Crippen LogP contribution is -2.09. The lowest BCUT2D eigenvalue weighted by molar-refractivity contribution is -0.137. The molecule has 1 aliphatic rings. The molecule has 1 heterocycles. The molecule has 3 nitrogen and oxygen atoms in total. The minimum absolute atomic E-state index is 0.228. The first-order valence-corrected chi connectivity index (χ1v) is 10.8. The Morgan fingerprint density at radius 2 is 1.66 bits per heavy atom. The van der Waals surface area contributed by atoms with Crippen LogP contribution in [0.15, 0.2) is 66.9 Å². The summed E-state index contributed by atoms with van der Waals surface area (Å²) in [6.45, 7) is 0. The van der Waals surface area contributed by atoms with E-state index in [1.54, 1.807) is 0 Å². The number of benzene rings is 2. The topological polar surface area (TPSA) is 42.2 Å². The Kier molecular flexibility index (Phi) is 6.14. The smallest absolute Gasteiger partial charge is 0.303 e. The zero-order valence-electron chi connectivity index (χ0n) is 16.9. The fourth-order valence-electron chi connectivity index (χ4n) is 4.47. The van der Waals surface area contributed by atoms with Gasteiger partial charge in [0.15, 0.2) is 0 Å². The number of aryl methyl sites for hydroxylation is 1. The molecule has 29 heavy (non-hydrogen) atoms. The molecule has 1 aromatic heterocycles. The first kappa shape index (κ1) is 19.5. The van der Waals surface area contributed by atoms with Crippen LogP contribution in [0.4, 0.5) is 0 Å². The van der Waals surface area contributed by atoms with Crippen molar-refractivity contribution >= 4 is 5.97 Å². The zero-order valence-corrected chi connectivity index (χ0v) is 16.9. The van der Waals surface area contributed by atoms with E-state index < -0.39 is 5.97 Å². The number of hydrogen-bond acceptors (Lipinski definition) is 1. The van der Waals surface area contributed by atoms with E-state index in [1.165, 1.54) is 60.2 Å². The van der Waals surface area contributed by atoms with E-state index in [-0.39, 0.29) is 6.42 Å². The molecule has 0 spiro atoms. The molecule has 150 valence electrons. The molecule has 1 aliphatic carbocycles. The van der Waals surface area contributed by atoms with Gasteiger partial charge in [-0.1, -0.05) is 61.7 Å². The van der Waals surface area contributed by atoms with Gasteiger partial charge in [0.25, 0.3) is 0 Å². The van der Waals surface area contributed by atoms with Gasteiger partial charge in [-0.15, -0.1) is 0 Å². The van der Waals surface area contributed by atoms with Crippen molar-refractivity contribution < 1.29 is 9.90 Å². The highest BCUT2D eigenvalue weighted by Gasteiger charge is 2.21. The third-order valence-electron chi connectivity index (χ3n) is 6.05. The van der Waals surface area contributed by atoms with Crippen LogP contribution in [0.1, 0.15) is 62.1 Å². The van der Waals surface area contributed by atoms with Crippen molar-refractivity contribution in [3.8, 4) is 16.8 Å². The number of carboxylic acid groups (broad SMARTS) is 1. The summed E-state index contributed by atoms with van der Waals surface area (Å²) in [7, 11) is 0. The van der Waals surface area contributed by atoms with Crippen LogP contribution in [0, 0.1) is 0 Å². The molecule has 0 saturated heterocycles. The van der Waals surface area contributed by atoms with E-state index in [2.05, 4.69) is 71.4 Å². The molecule has 3 aromatic rings. The van der Waals surface area contributed by atoms with Gasteiger partial charge in [-0.3, -0.25) is 4.79 Å². The van der Waals surface area contributed by atoms with E-state index in [1.807, 2.05) is 0 Å². The van der Waals surface area contributed by atoms with Crippen LogP contribution in [-0.4, -0.2) is 15.6 Å². The first-order valence-electron chi connectivity index (χ1n) is 10.8. The molecule has 4 rings (SSSR count). The fraction of sp³-hybridized carbons (Fsp3) is 0.346. The van der Waals surface area contributed by atoms with E-state index in [4.69, 9.17) is 5.11 Å². The van der Waals surface area contributed by atoms with E-state index in [0.717, 1.165) is 6.42 Å². The van der Waals surface area contributed by atoms with Gasteiger partial charge >= 0.3 is 5.97 Å². The number of carbonyl (C=O) groups is 1. The summed E-state index contributed by atoms with van der Waals surface area (Å²) in [5.41, 5.74) is 6.34. The summed E-state index contributed by atoms with van der Waals surface area (Å²) in [5, 5.41) is 8.83. The highest BCUT2D eigenvalue weighted by atomic mass is 16.4. The largest absolute Gasteiger partial charge is 0.481 e. The van der Waals surface area contributed by atoms with Crippen LogP contribution in [0.25, 0.3) is 16.8 Å². The molecular formula is C26H29NO2. The van der Waals surface area contributed by atoms with E-state index >= 15 is 0 Å². The number of nitrogens with zero attached hydrogens (tertiary/aromatic N) is 1. The summed E-state index contributed by atoms with van der Waals surface area (Å²) in [6, 6.07) is 21.6. The van der Waals surface area contributed by atoms with Crippen molar-refractivity contribution in [1.82, 2.24) is 4.57 Å². The highest BCUT2D eigenvalue weighted by molar-refractivity contribution is 5.66. The van der Waals surface area contributed by atoms with Crippen LogP contribution in [-0.2, 0) is 11.2 Å². The first-order chi connectivity index (χ1) is 14.2. The molecule has 1 saturated carbocycles. The lowest BCUT2D eigenvalue weighted by atomic mass is 9.86. The van der Waals surface area contributed by atoms with E-state index in [9.17, 15) is 4.79 Å². The van der Waals surface area contributed by atoms with E-state index in [0.29, 0.717) is 12.3 Å². The van der Waals surface area contributed by atoms with Gasteiger partial charge < -0.3 is 9.67 Å². The fourth-order valence-corrected chi connectivity index (χ4v) is 4.47. The maximum atomic E-state index is 10.7. The third kappa shape index (κ3) is 4.79. The summed E-state index contributed by atoms with van der Waals surface area (Å²) < 4.78 is 2.37. The van der Waals surface area contributed by atoms with Crippen molar-refractivity contribution in [2.45, 2.75) is 57.3 Å². The normalized spacial score (nSPS) is 14.8. The Labute approximate surface area is 173 Å². The molecule has 0 bridgehead atoms. The SMILES string of the molecule is O=C(O)CCCc1ccc(-n2cc(-c3ccccc3)cc2C2CCCCC2)cc1.